The van der Waals surface area contributed by atoms with E-state index in [1.54, 1.807) is 10.8 Å². The van der Waals surface area contributed by atoms with Crippen molar-refractivity contribution in [2.45, 2.75) is 46.6 Å². The molecular weight excluding hydrogens is 374 g/mol. The number of nitrogens with zero attached hydrogens (tertiary/aromatic N) is 5. The molecule has 6 heteroatoms. The van der Waals surface area contributed by atoms with E-state index < -0.39 is 0 Å². The van der Waals surface area contributed by atoms with Gasteiger partial charge in [-0.25, -0.2) is 4.98 Å². The smallest absolute Gasteiger partial charge is 0.260 e. The van der Waals surface area contributed by atoms with E-state index in [1.807, 2.05) is 61.2 Å². The van der Waals surface area contributed by atoms with Crippen molar-refractivity contribution in [3.8, 4) is 0 Å². The first kappa shape index (κ1) is 20.1. The number of aryl methyl sites for hydroxylation is 1. The van der Waals surface area contributed by atoms with Crippen molar-refractivity contribution in [1.82, 2.24) is 18.9 Å². The highest BCUT2D eigenvalue weighted by atomic mass is 16.1. The highest BCUT2D eigenvalue weighted by molar-refractivity contribution is 5.92. The quantitative estimate of drug-likeness (QED) is 0.508. The second kappa shape index (κ2) is 8.69. The molecule has 156 valence electrons. The van der Waals surface area contributed by atoms with E-state index in [4.69, 9.17) is 0 Å². The van der Waals surface area contributed by atoms with Gasteiger partial charge in [0.15, 0.2) is 0 Å². The summed E-state index contributed by atoms with van der Waals surface area (Å²) in [4.78, 5) is 24.5. The molecule has 0 saturated carbocycles. The average molecular weight is 404 g/mol. The lowest BCUT2D eigenvalue weighted by atomic mass is 10.1. The highest BCUT2D eigenvalue weighted by Crippen LogP contribution is 2.26. The molecule has 0 radical (unpaired) electrons. The summed E-state index contributed by atoms with van der Waals surface area (Å²) in [6.45, 7) is 8.57. The molecule has 5 rings (SSSR count). The zero-order valence-electron chi connectivity index (χ0n) is 18.0. The first-order chi connectivity index (χ1) is 14.7. The summed E-state index contributed by atoms with van der Waals surface area (Å²) in [6.07, 6.45) is 13.2. The minimum Gasteiger partial charge on any atom is -0.370 e. The Bertz CT molecular complexity index is 1220. The summed E-state index contributed by atoms with van der Waals surface area (Å²) >= 11 is 0. The monoisotopic (exact) mass is 403 g/mol. The molecule has 0 aliphatic carbocycles. The lowest BCUT2D eigenvalue weighted by Gasteiger charge is -2.29. The standard InChI is InChI=1S/C22H23N5O.C2H6/c1-16-5-6-21-24-17(15-27(21)13-16)14-26-10-7-18-19(22(26)28)11-23-12-20(18)25-8-3-2-4-9-25;1-2/h5-7,10-13,15H,2-4,8-9,14H2,1H3;1-2H3. The zero-order valence-corrected chi connectivity index (χ0v) is 18.0. The van der Waals surface area contributed by atoms with Gasteiger partial charge in [-0.1, -0.05) is 19.9 Å². The SMILES string of the molecule is CC.Cc1ccc2nc(Cn3ccc4c(N5CCCCC5)cncc4c3=O)cn2c1. The van der Waals surface area contributed by atoms with E-state index in [0.717, 1.165) is 35.5 Å². The van der Waals surface area contributed by atoms with Gasteiger partial charge >= 0.3 is 0 Å². The van der Waals surface area contributed by atoms with Crippen molar-refractivity contribution in [3.63, 3.8) is 0 Å². The molecule has 0 aromatic carbocycles. The van der Waals surface area contributed by atoms with E-state index >= 15 is 0 Å². The van der Waals surface area contributed by atoms with Gasteiger partial charge in [-0.15, -0.1) is 0 Å². The number of anilines is 1. The number of fused-ring (bicyclic) bond motifs is 2. The fourth-order valence-electron chi connectivity index (χ4n) is 4.11. The summed E-state index contributed by atoms with van der Waals surface area (Å²) in [5.41, 5.74) is 3.99. The Morgan fingerprint density at radius 2 is 1.77 bits per heavy atom. The van der Waals surface area contributed by atoms with Crippen LogP contribution in [0.3, 0.4) is 0 Å². The molecule has 6 nitrogen and oxygen atoms in total. The van der Waals surface area contributed by atoms with Crippen LogP contribution < -0.4 is 10.5 Å². The molecule has 1 aliphatic rings. The first-order valence-corrected chi connectivity index (χ1v) is 10.9. The van der Waals surface area contributed by atoms with Gasteiger partial charge in [-0.3, -0.25) is 9.78 Å². The van der Waals surface area contributed by atoms with Gasteiger partial charge < -0.3 is 13.9 Å². The molecular formula is C24H29N5O. The Hall–Kier alpha value is -3.15. The average Bonchev–Trinajstić information content (AvgIpc) is 3.19. The van der Waals surface area contributed by atoms with Gasteiger partial charge in [-0.2, -0.15) is 0 Å². The molecule has 1 aliphatic heterocycles. The van der Waals surface area contributed by atoms with Crippen molar-refractivity contribution in [2.24, 2.45) is 0 Å². The van der Waals surface area contributed by atoms with Crippen LogP contribution in [0.4, 0.5) is 5.69 Å². The second-order valence-corrected chi connectivity index (χ2v) is 7.62. The number of piperidine rings is 1. The Morgan fingerprint density at radius 1 is 0.967 bits per heavy atom. The van der Waals surface area contributed by atoms with E-state index in [-0.39, 0.29) is 5.56 Å². The van der Waals surface area contributed by atoms with Crippen molar-refractivity contribution in [2.75, 3.05) is 18.0 Å². The number of hydrogen-bond donors (Lipinski definition) is 0. The van der Waals surface area contributed by atoms with Crippen LogP contribution in [0.25, 0.3) is 16.4 Å². The van der Waals surface area contributed by atoms with Gasteiger partial charge in [0.05, 0.1) is 29.5 Å². The van der Waals surface area contributed by atoms with E-state index in [0.29, 0.717) is 11.9 Å². The third-order valence-corrected chi connectivity index (χ3v) is 5.56. The fraction of sp³-hybridized carbons (Fsp3) is 0.375. The maximum absolute atomic E-state index is 13.1. The number of rotatable bonds is 3. The summed E-state index contributed by atoms with van der Waals surface area (Å²) in [5, 5.41) is 1.66. The highest BCUT2D eigenvalue weighted by Gasteiger charge is 2.16. The third kappa shape index (κ3) is 3.82. The minimum atomic E-state index is -0.0166. The van der Waals surface area contributed by atoms with Crippen molar-refractivity contribution in [3.05, 3.63) is 70.8 Å². The lowest BCUT2D eigenvalue weighted by molar-refractivity contribution is 0.578. The molecule has 5 heterocycles. The van der Waals surface area contributed by atoms with Gasteiger partial charge in [0, 0.05) is 43.3 Å². The van der Waals surface area contributed by atoms with E-state index in [9.17, 15) is 4.79 Å². The number of hydrogen-bond acceptors (Lipinski definition) is 4. The molecule has 0 N–H and O–H groups in total. The molecule has 0 atom stereocenters. The van der Waals surface area contributed by atoms with Gasteiger partial charge in [0.25, 0.3) is 5.56 Å². The Labute approximate surface area is 176 Å². The van der Waals surface area contributed by atoms with Crippen LogP contribution in [-0.4, -0.2) is 32.0 Å². The number of aromatic nitrogens is 4. The Kier molecular flexibility index (Phi) is 5.84. The molecule has 0 amide bonds. The predicted molar refractivity (Wildman–Crippen MR) is 122 cm³/mol. The number of imidazole rings is 1. The van der Waals surface area contributed by atoms with Gasteiger partial charge in [-0.05, 0) is 43.9 Å². The fourth-order valence-corrected chi connectivity index (χ4v) is 4.11. The normalized spacial score (nSPS) is 14.0. The minimum absolute atomic E-state index is 0.0166. The topological polar surface area (TPSA) is 55.4 Å². The summed E-state index contributed by atoms with van der Waals surface area (Å²) < 4.78 is 3.73. The Balaban J connectivity index is 0.00000106. The lowest BCUT2D eigenvalue weighted by Crippen LogP contribution is -2.30. The summed E-state index contributed by atoms with van der Waals surface area (Å²) in [6, 6.07) is 6.08. The van der Waals surface area contributed by atoms with Gasteiger partial charge in [0.1, 0.15) is 5.65 Å². The first-order valence-electron chi connectivity index (χ1n) is 10.9. The largest absolute Gasteiger partial charge is 0.370 e. The van der Waals surface area contributed by atoms with E-state index in [2.05, 4.69) is 21.8 Å². The molecule has 0 bridgehead atoms. The second-order valence-electron chi connectivity index (χ2n) is 7.62. The summed E-state index contributed by atoms with van der Waals surface area (Å²) in [5.74, 6) is 0. The van der Waals surface area contributed by atoms with Gasteiger partial charge in [0.2, 0.25) is 0 Å². The Morgan fingerprint density at radius 3 is 2.57 bits per heavy atom. The van der Waals surface area contributed by atoms with Crippen LogP contribution in [0.1, 0.15) is 44.4 Å². The van der Waals surface area contributed by atoms with Crippen LogP contribution in [0.15, 0.2) is 54.0 Å². The van der Waals surface area contributed by atoms with Crippen molar-refractivity contribution < 1.29 is 0 Å². The maximum atomic E-state index is 13.1. The molecule has 4 aromatic rings. The van der Waals surface area contributed by atoms with Crippen LogP contribution in [-0.2, 0) is 6.54 Å². The molecule has 1 fully saturated rings. The number of pyridine rings is 3. The van der Waals surface area contributed by atoms with Crippen LogP contribution >= 0.6 is 0 Å². The molecule has 1 saturated heterocycles. The van der Waals surface area contributed by atoms with Crippen LogP contribution in [0.2, 0.25) is 0 Å². The zero-order chi connectivity index (χ0) is 21.1. The predicted octanol–water partition coefficient (Wildman–Crippen LogP) is 4.42. The van der Waals surface area contributed by atoms with Crippen molar-refractivity contribution >= 4 is 22.1 Å². The van der Waals surface area contributed by atoms with Crippen LogP contribution in [0, 0.1) is 6.92 Å². The van der Waals surface area contributed by atoms with Crippen LogP contribution in [0.5, 0.6) is 0 Å². The molecule has 30 heavy (non-hydrogen) atoms. The molecule has 0 unspecified atom stereocenters. The molecule has 0 spiro atoms. The van der Waals surface area contributed by atoms with Crippen molar-refractivity contribution in [1.29, 1.82) is 0 Å². The maximum Gasteiger partial charge on any atom is 0.260 e. The third-order valence-electron chi connectivity index (χ3n) is 5.56. The molecule has 4 aromatic heterocycles. The van der Waals surface area contributed by atoms with E-state index in [1.165, 1.54) is 24.8 Å². The summed E-state index contributed by atoms with van der Waals surface area (Å²) in [7, 11) is 0.